The first-order valence-corrected chi connectivity index (χ1v) is 7.28. The number of benzene rings is 1. The highest BCUT2D eigenvalue weighted by atomic mass is 79.9. The van der Waals surface area contributed by atoms with E-state index in [2.05, 4.69) is 59.1 Å². The van der Waals surface area contributed by atoms with Crippen LogP contribution in [0.5, 0.6) is 0 Å². The van der Waals surface area contributed by atoms with Gasteiger partial charge in [-0.3, -0.25) is 0 Å². The summed E-state index contributed by atoms with van der Waals surface area (Å²) in [5.41, 5.74) is 0. The van der Waals surface area contributed by atoms with E-state index < -0.39 is 0 Å². The average Bonchev–Trinajstić information content (AvgIpc) is 2.24. The summed E-state index contributed by atoms with van der Waals surface area (Å²) in [5, 5.41) is 0. The third-order valence-corrected chi connectivity index (χ3v) is 2.82. The standard InChI is InChI=1S/C6H3Br3.C6H10O2.H2O/c7-4-1-5(8)3-6(9)2-4;1-3-5-8-6(7)4-2;/h1-3H;4H,2-3,5H2,1H3;1H2. The zero-order valence-electron chi connectivity index (χ0n) is 9.88. The topological polar surface area (TPSA) is 57.8 Å². The number of hydrogen-bond donors (Lipinski definition) is 0. The first-order valence-electron chi connectivity index (χ1n) is 4.90. The largest absolute Gasteiger partial charge is 0.463 e. The predicted molar refractivity (Wildman–Crippen MR) is 84.6 cm³/mol. The van der Waals surface area contributed by atoms with E-state index in [0.29, 0.717) is 6.61 Å². The summed E-state index contributed by atoms with van der Waals surface area (Å²) in [7, 11) is 0. The highest BCUT2D eigenvalue weighted by molar-refractivity contribution is 9.11. The Morgan fingerprint density at radius 1 is 1.22 bits per heavy atom. The van der Waals surface area contributed by atoms with Crippen molar-refractivity contribution in [1.82, 2.24) is 0 Å². The zero-order chi connectivity index (χ0) is 13.3. The maximum absolute atomic E-state index is 10.2. The molecule has 0 aliphatic carbocycles. The van der Waals surface area contributed by atoms with E-state index in [9.17, 15) is 4.79 Å². The van der Waals surface area contributed by atoms with Crippen molar-refractivity contribution in [2.24, 2.45) is 0 Å². The van der Waals surface area contributed by atoms with Crippen LogP contribution in [0.15, 0.2) is 44.3 Å². The van der Waals surface area contributed by atoms with Gasteiger partial charge in [-0.2, -0.15) is 0 Å². The number of rotatable bonds is 3. The fraction of sp³-hybridized carbons (Fsp3) is 0.250. The Bertz CT molecular complexity index is 330. The minimum absolute atomic E-state index is 0. The minimum Gasteiger partial charge on any atom is -0.463 e. The van der Waals surface area contributed by atoms with Crippen molar-refractivity contribution in [2.75, 3.05) is 6.61 Å². The highest BCUT2D eigenvalue weighted by Crippen LogP contribution is 2.23. The Kier molecular flexibility index (Phi) is 13.3. The van der Waals surface area contributed by atoms with Crippen LogP contribution >= 0.6 is 47.8 Å². The number of halogens is 3. The quantitative estimate of drug-likeness (QED) is 0.514. The number of hydrogen-bond acceptors (Lipinski definition) is 2. The summed E-state index contributed by atoms with van der Waals surface area (Å²) >= 11 is 10.1. The zero-order valence-corrected chi connectivity index (χ0v) is 14.6. The van der Waals surface area contributed by atoms with E-state index in [-0.39, 0.29) is 11.4 Å². The van der Waals surface area contributed by atoms with Crippen LogP contribution in [-0.4, -0.2) is 18.1 Å². The van der Waals surface area contributed by atoms with Crippen LogP contribution in [0.25, 0.3) is 0 Å². The van der Waals surface area contributed by atoms with Gasteiger partial charge in [0, 0.05) is 19.5 Å². The Labute approximate surface area is 132 Å². The number of carbonyl (C=O) groups is 1. The van der Waals surface area contributed by atoms with E-state index in [4.69, 9.17) is 0 Å². The number of carbonyl (C=O) groups excluding carboxylic acids is 1. The molecule has 1 aromatic rings. The summed E-state index contributed by atoms with van der Waals surface area (Å²) in [5.74, 6) is -0.341. The van der Waals surface area contributed by atoms with Crippen molar-refractivity contribution in [3.8, 4) is 0 Å². The van der Waals surface area contributed by atoms with Crippen LogP contribution < -0.4 is 0 Å². The van der Waals surface area contributed by atoms with Crippen LogP contribution in [0.4, 0.5) is 0 Å². The van der Waals surface area contributed by atoms with E-state index in [1.807, 2.05) is 25.1 Å². The van der Waals surface area contributed by atoms with Crippen molar-refractivity contribution >= 4 is 53.8 Å². The summed E-state index contributed by atoms with van der Waals surface area (Å²) in [4.78, 5) is 10.2. The van der Waals surface area contributed by atoms with E-state index in [1.54, 1.807) is 0 Å². The second-order valence-corrected chi connectivity index (χ2v) is 5.71. The lowest BCUT2D eigenvalue weighted by Crippen LogP contribution is -1.99. The van der Waals surface area contributed by atoms with E-state index in [0.717, 1.165) is 25.9 Å². The molecule has 0 unspecified atom stereocenters. The van der Waals surface area contributed by atoms with Crippen LogP contribution in [0, 0.1) is 0 Å². The maximum Gasteiger partial charge on any atom is 0.330 e. The van der Waals surface area contributed by atoms with Gasteiger partial charge in [-0.1, -0.05) is 61.3 Å². The van der Waals surface area contributed by atoms with Crippen molar-refractivity contribution in [3.05, 3.63) is 44.3 Å². The second-order valence-electron chi connectivity index (χ2n) is 2.96. The van der Waals surface area contributed by atoms with Crippen LogP contribution in [0.3, 0.4) is 0 Å². The first-order chi connectivity index (χ1) is 7.99. The van der Waals surface area contributed by atoms with Gasteiger partial charge in [-0.15, -0.1) is 0 Å². The molecular weight excluding hydrogens is 432 g/mol. The highest BCUT2D eigenvalue weighted by Gasteiger charge is 1.91. The Hall–Kier alpha value is -0.170. The fourth-order valence-electron chi connectivity index (χ4n) is 0.782. The van der Waals surface area contributed by atoms with Gasteiger partial charge in [0.05, 0.1) is 6.61 Å². The molecule has 102 valence electrons. The van der Waals surface area contributed by atoms with Crippen LogP contribution in [0.1, 0.15) is 13.3 Å². The number of esters is 1. The molecule has 0 radical (unpaired) electrons. The molecule has 0 aliphatic heterocycles. The van der Waals surface area contributed by atoms with E-state index in [1.165, 1.54) is 0 Å². The lowest BCUT2D eigenvalue weighted by Gasteiger charge is -1.94. The van der Waals surface area contributed by atoms with Gasteiger partial charge < -0.3 is 10.2 Å². The van der Waals surface area contributed by atoms with Gasteiger partial charge in [-0.25, -0.2) is 4.79 Å². The molecule has 0 heterocycles. The Morgan fingerprint density at radius 3 is 1.89 bits per heavy atom. The SMILES string of the molecule is Brc1cc(Br)cc(Br)c1.C=CC(=O)OCCC.O. The molecule has 6 heteroatoms. The lowest BCUT2D eigenvalue weighted by atomic mass is 10.4. The van der Waals surface area contributed by atoms with Crippen molar-refractivity contribution < 1.29 is 15.0 Å². The smallest absolute Gasteiger partial charge is 0.330 e. The molecule has 0 spiro atoms. The van der Waals surface area contributed by atoms with Crippen LogP contribution in [0.2, 0.25) is 0 Å². The van der Waals surface area contributed by atoms with Gasteiger partial charge in [0.1, 0.15) is 0 Å². The van der Waals surface area contributed by atoms with E-state index >= 15 is 0 Å². The molecule has 0 atom stereocenters. The molecule has 0 saturated carbocycles. The molecule has 0 aliphatic rings. The predicted octanol–water partition coefficient (Wildman–Crippen LogP) is 4.28. The van der Waals surface area contributed by atoms with Gasteiger partial charge in [0.2, 0.25) is 0 Å². The van der Waals surface area contributed by atoms with Gasteiger partial charge in [0.25, 0.3) is 0 Å². The molecule has 3 nitrogen and oxygen atoms in total. The van der Waals surface area contributed by atoms with Gasteiger partial charge >= 0.3 is 5.97 Å². The minimum atomic E-state index is -0.341. The van der Waals surface area contributed by atoms with Gasteiger partial charge in [-0.05, 0) is 24.6 Å². The van der Waals surface area contributed by atoms with Crippen molar-refractivity contribution in [3.63, 3.8) is 0 Å². The molecule has 0 amide bonds. The maximum atomic E-state index is 10.2. The molecule has 1 aromatic carbocycles. The summed E-state index contributed by atoms with van der Waals surface area (Å²) < 4.78 is 7.80. The average molecular weight is 447 g/mol. The van der Waals surface area contributed by atoms with Gasteiger partial charge in [0.15, 0.2) is 0 Å². The first kappa shape index (κ1) is 20.2. The molecule has 0 saturated heterocycles. The Morgan fingerprint density at radius 2 is 1.61 bits per heavy atom. The molecule has 2 N–H and O–H groups in total. The fourth-order valence-corrected chi connectivity index (χ4v) is 3.18. The van der Waals surface area contributed by atoms with Crippen molar-refractivity contribution in [2.45, 2.75) is 13.3 Å². The normalized spacial score (nSPS) is 8.44. The molecule has 18 heavy (non-hydrogen) atoms. The summed E-state index contributed by atoms with van der Waals surface area (Å²) in [6, 6.07) is 5.97. The third kappa shape index (κ3) is 11.0. The number of ether oxygens (including phenoxy) is 1. The van der Waals surface area contributed by atoms with Crippen LogP contribution in [-0.2, 0) is 9.53 Å². The molecular formula is C12H15Br3O3. The summed E-state index contributed by atoms with van der Waals surface area (Å²) in [6.45, 7) is 5.67. The molecule has 0 bridgehead atoms. The van der Waals surface area contributed by atoms with Crippen molar-refractivity contribution in [1.29, 1.82) is 0 Å². The molecule has 0 aromatic heterocycles. The Balaban J connectivity index is 0. The third-order valence-electron chi connectivity index (χ3n) is 1.44. The monoisotopic (exact) mass is 444 g/mol. The molecule has 1 rings (SSSR count). The summed E-state index contributed by atoms with van der Waals surface area (Å²) in [6.07, 6.45) is 2.02. The second kappa shape index (κ2) is 11.9. The lowest BCUT2D eigenvalue weighted by molar-refractivity contribution is -0.137. The molecule has 0 fully saturated rings.